The molecule has 2 unspecified atom stereocenters. The summed E-state index contributed by atoms with van der Waals surface area (Å²) < 4.78 is 12.1. The Hall–Kier alpha value is -5.95. The molecule has 0 spiro atoms. The van der Waals surface area contributed by atoms with Crippen molar-refractivity contribution in [3.63, 3.8) is 0 Å². The van der Waals surface area contributed by atoms with Gasteiger partial charge in [0.15, 0.2) is 0 Å². The number of aliphatic hydroxyl groups excluding tert-OH is 1. The van der Waals surface area contributed by atoms with E-state index in [0.717, 1.165) is 16.7 Å². The van der Waals surface area contributed by atoms with Gasteiger partial charge in [0.05, 0.1) is 37.0 Å². The molecule has 2 fully saturated rings. The Morgan fingerprint density at radius 3 is 2.47 bits per heavy atom. The van der Waals surface area contributed by atoms with Crippen LogP contribution in [0, 0.1) is 11.3 Å². The summed E-state index contributed by atoms with van der Waals surface area (Å²) >= 11 is 0. The Morgan fingerprint density at radius 2 is 1.79 bits per heavy atom. The number of hydrogen-bond acceptors (Lipinski definition) is 8. The van der Waals surface area contributed by atoms with E-state index in [9.17, 15) is 29.4 Å². The molecular weight excluding hydrogens is 727 g/mol. The summed E-state index contributed by atoms with van der Waals surface area (Å²) in [5, 5.41) is 30.3. The van der Waals surface area contributed by atoms with Gasteiger partial charge >= 0.3 is 12.0 Å². The Kier molecular flexibility index (Phi) is 10.7. The minimum atomic E-state index is -1.53. The van der Waals surface area contributed by atoms with Gasteiger partial charge in [-0.05, 0) is 41.5 Å². The second kappa shape index (κ2) is 15.5. The van der Waals surface area contributed by atoms with Gasteiger partial charge in [-0.3, -0.25) is 9.59 Å². The number of nitrogens with one attached hydrogen (secondary N) is 3. The van der Waals surface area contributed by atoms with Crippen molar-refractivity contribution in [2.75, 3.05) is 13.7 Å². The Bertz CT molecular complexity index is 2210. The molecule has 57 heavy (non-hydrogen) atoms. The summed E-state index contributed by atoms with van der Waals surface area (Å²) in [4.78, 5) is 61.1. The molecule has 7 rings (SSSR count). The first kappa shape index (κ1) is 39.3. The van der Waals surface area contributed by atoms with Crippen LogP contribution in [0.3, 0.4) is 0 Å². The van der Waals surface area contributed by atoms with Crippen molar-refractivity contribution in [3.05, 3.63) is 103 Å². The average Bonchev–Trinajstić information content (AvgIpc) is 3.59. The van der Waals surface area contributed by atoms with Crippen molar-refractivity contribution in [3.8, 4) is 22.8 Å². The Morgan fingerprint density at radius 1 is 1.05 bits per heavy atom. The van der Waals surface area contributed by atoms with Crippen LogP contribution in [-0.2, 0) is 20.8 Å². The highest BCUT2D eigenvalue weighted by Gasteiger charge is 2.61. The van der Waals surface area contributed by atoms with E-state index in [0.29, 0.717) is 34.5 Å². The zero-order valence-electron chi connectivity index (χ0n) is 32.5. The molecule has 3 aliphatic rings. The summed E-state index contributed by atoms with van der Waals surface area (Å²) in [6.45, 7) is 9.53. The fraction of sp³-hybridized carbons (Fsp3) is 0.386. The van der Waals surface area contributed by atoms with E-state index in [1.807, 2.05) is 87.5 Å². The number of nitrogens with zero attached hydrogens (tertiary/aromatic N) is 2. The number of likely N-dealkylation sites (tertiary alicyclic amines) is 1. The van der Waals surface area contributed by atoms with Crippen LogP contribution < -0.4 is 25.4 Å². The molecule has 2 heterocycles. The molecule has 298 valence electrons. The van der Waals surface area contributed by atoms with Gasteiger partial charge in [0.1, 0.15) is 35.2 Å². The Balaban J connectivity index is 1.18. The minimum Gasteiger partial charge on any atom is -0.497 e. The van der Waals surface area contributed by atoms with Crippen LogP contribution in [0.4, 0.5) is 4.79 Å². The number of rotatable bonds is 12. The first-order valence-electron chi connectivity index (χ1n) is 19.2. The number of carboxylic acids is 1. The number of fused-ring (bicyclic) bond motifs is 2. The van der Waals surface area contributed by atoms with Crippen molar-refractivity contribution in [1.82, 2.24) is 25.8 Å². The molecule has 1 aromatic heterocycles. The number of urea groups is 1. The molecule has 13 heteroatoms. The molecule has 1 aliphatic heterocycles. The van der Waals surface area contributed by atoms with E-state index in [4.69, 9.17) is 14.5 Å². The summed E-state index contributed by atoms with van der Waals surface area (Å²) in [5.74, 6) is -1.70. The second-order valence-corrected chi connectivity index (χ2v) is 16.4. The van der Waals surface area contributed by atoms with Crippen LogP contribution >= 0.6 is 0 Å². The van der Waals surface area contributed by atoms with Gasteiger partial charge in [-0.2, -0.15) is 0 Å². The SMILES string of the molecule is C=CC1CC1(NC(=O)[C@@H]1C[C@@H](Oc2cc(-c3ccccc3)nc3cc(OC)ccc23)CN1C(=O)N[C@@H](CC(C)(C)C)C(=O)N[C@H]1c2ccccc2C[C@H]1O)C(=O)O. The lowest BCUT2D eigenvalue weighted by atomic mass is 9.87. The van der Waals surface area contributed by atoms with Gasteiger partial charge in [-0.15, -0.1) is 6.58 Å². The smallest absolute Gasteiger partial charge is 0.330 e. The number of benzene rings is 3. The fourth-order valence-electron chi connectivity index (χ4n) is 8.07. The van der Waals surface area contributed by atoms with Crippen LogP contribution in [0.1, 0.15) is 57.2 Å². The molecule has 3 aromatic carbocycles. The first-order chi connectivity index (χ1) is 27.2. The molecule has 0 radical (unpaired) electrons. The number of ether oxygens (including phenoxy) is 2. The highest BCUT2D eigenvalue weighted by molar-refractivity contribution is 5.95. The highest BCUT2D eigenvalue weighted by atomic mass is 16.5. The van der Waals surface area contributed by atoms with Gasteiger partial charge in [0.25, 0.3) is 0 Å². The molecule has 4 amide bonds. The molecule has 13 nitrogen and oxygen atoms in total. The van der Waals surface area contributed by atoms with Crippen molar-refractivity contribution < 1.29 is 38.9 Å². The van der Waals surface area contributed by atoms with Gasteiger partial charge < -0.3 is 40.5 Å². The number of aliphatic carboxylic acids is 1. The molecule has 4 aromatic rings. The third-order valence-corrected chi connectivity index (χ3v) is 11.1. The lowest BCUT2D eigenvalue weighted by Crippen LogP contribution is -2.57. The number of carboxylic acid groups (broad SMARTS) is 1. The number of aromatic nitrogens is 1. The van der Waals surface area contributed by atoms with Crippen molar-refractivity contribution in [2.45, 2.75) is 82.3 Å². The summed E-state index contributed by atoms with van der Waals surface area (Å²) in [5.41, 5.74) is 1.94. The van der Waals surface area contributed by atoms with Crippen molar-refractivity contribution in [2.24, 2.45) is 11.3 Å². The maximum atomic E-state index is 14.4. The van der Waals surface area contributed by atoms with E-state index in [1.165, 1.54) is 11.0 Å². The third-order valence-electron chi connectivity index (χ3n) is 11.1. The van der Waals surface area contributed by atoms with Crippen LogP contribution in [0.5, 0.6) is 11.5 Å². The lowest BCUT2D eigenvalue weighted by Gasteiger charge is -2.31. The second-order valence-electron chi connectivity index (χ2n) is 16.4. The highest BCUT2D eigenvalue weighted by Crippen LogP contribution is 2.45. The van der Waals surface area contributed by atoms with Crippen LogP contribution in [0.2, 0.25) is 0 Å². The number of carbonyl (C=O) groups excluding carboxylic acids is 3. The number of hydrogen-bond donors (Lipinski definition) is 5. The summed E-state index contributed by atoms with van der Waals surface area (Å²) in [6, 6.07) is 20.9. The van der Waals surface area contributed by atoms with Gasteiger partial charge in [-0.1, -0.05) is 81.4 Å². The van der Waals surface area contributed by atoms with Gasteiger partial charge in [0.2, 0.25) is 11.8 Å². The van der Waals surface area contributed by atoms with Gasteiger partial charge in [0, 0.05) is 41.8 Å². The normalized spacial score (nSPS) is 24.2. The zero-order chi connectivity index (χ0) is 40.6. The third kappa shape index (κ3) is 8.15. The summed E-state index contributed by atoms with van der Waals surface area (Å²) in [6.07, 6.45) is 0.808. The number of methoxy groups -OCH3 is 1. The van der Waals surface area contributed by atoms with Crippen LogP contribution in [-0.4, -0.2) is 87.4 Å². The van der Waals surface area contributed by atoms with Crippen molar-refractivity contribution in [1.29, 1.82) is 0 Å². The number of amides is 4. The zero-order valence-corrected chi connectivity index (χ0v) is 32.5. The average molecular weight is 776 g/mol. The number of carbonyl (C=O) groups is 4. The van der Waals surface area contributed by atoms with E-state index in [2.05, 4.69) is 22.5 Å². The lowest BCUT2D eigenvalue weighted by molar-refractivity contribution is -0.144. The minimum absolute atomic E-state index is 0.0372. The molecule has 7 atom stereocenters. The predicted octanol–water partition coefficient (Wildman–Crippen LogP) is 5.17. The maximum absolute atomic E-state index is 14.4. The fourth-order valence-corrected chi connectivity index (χ4v) is 8.07. The quantitative estimate of drug-likeness (QED) is 0.122. The van der Waals surface area contributed by atoms with E-state index >= 15 is 0 Å². The Labute approximate surface area is 331 Å². The molecule has 1 saturated carbocycles. The number of pyridine rings is 1. The first-order valence-corrected chi connectivity index (χ1v) is 19.2. The monoisotopic (exact) mass is 775 g/mol. The summed E-state index contributed by atoms with van der Waals surface area (Å²) in [7, 11) is 1.57. The predicted molar refractivity (Wildman–Crippen MR) is 213 cm³/mol. The molecule has 2 aliphatic carbocycles. The van der Waals surface area contributed by atoms with Crippen LogP contribution in [0.25, 0.3) is 22.2 Å². The largest absolute Gasteiger partial charge is 0.497 e. The standard InChI is InChI=1S/C44H49N5O8/c1-6-27-22-44(27,41(53)54)48-40(52)35-20-29(57-37-21-32(25-12-8-7-9-13-25)45-33-19-28(56-5)16-17-31(33)37)24-49(35)42(55)46-34(23-43(2,3)4)39(51)47-38-30-15-11-10-14-26(30)18-36(38)50/h6-17,19,21,27,29,34-36,38,50H,1,18,20,22-24H2,2-5H3,(H,46,55)(H,47,51)(H,48,52)(H,53,54)/t27?,29-,34+,35+,36-,38+,44?/m1/s1. The molecular formula is C44H49N5O8. The van der Waals surface area contributed by atoms with Crippen LogP contribution in [0.15, 0.2) is 91.5 Å². The topological polar surface area (TPSA) is 179 Å². The van der Waals surface area contributed by atoms with E-state index < -0.39 is 71.0 Å². The molecule has 0 bridgehead atoms. The number of aliphatic hydroxyl groups is 1. The van der Waals surface area contributed by atoms with Gasteiger partial charge in [-0.25, -0.2) is 14.6 Å². The molecule has 5 N–H and O–H groups in total. The molecule has 1 saturated heterocycles. The van der Waals surface area contributed by atoms with E-state index in [1.54, 1.807) is 19.2 Å². The van der Waals surface area contributed by atoms with Crippen molar-refractivity contribution >= 4 is 34.7 Å². The van der Waals surface area contributed by atoms with E-state index in [-0.39, 0.29) is 25.8 Å². The maximum Gasteiger partial charge on any atom is 0.330 e.